The van der Waals surface area contributed by atoms with Gasteiger partial charge in [0, 0.05) is 17.4 Å². The maximum Gasteiger partial charge on any atom is 0.140 e. The van der Waals surface area contributed by atoms with Crippen LogP contribution in [0.2, 0.25) is 5.02 Å². The number of ketones is 1. The molecule has 82 valence electrons. The molecule has 0 saturated carbocycles. The third kappa shape index (κ3) is 4.05. The van der Waals surface area contributed by atoms with Crippen molar-refractivity contribution in [2.45, 2.75) is 33.1 Å². The van der Waals surface area contributed by atoms with Crippen LogP contribution in [0, 0.1) is 5.92 Å². The summed E-state index contributed by atoms with van der Waals surface area (Å²) < 4.78 is 0. The number of carbonyl (C=O) groups is 1. The Morgan fingerprint density at radius 3 is 2.80 bits per heavy atom. The van der Waals surface area contributed by atoms with Crippen LogP contribution in [-0.4, -0.2) is 5.78 Å². The molecule has 1 rings (SSSR count). The molecule has 1 atom stereocenters. The van der Waals surface area contributed by atoms with E-state index in [1.807, 2.05) is 31.2 Å². The summed E-state index contributed by atoms with van der Waals surface area (Å²) in [6, 6.07) is 7.51. The molecule has 0 saturated heterocycles. The first-order valence-electron chi connectivity index (χ1n) is 5.40. The fraction of sp³-hybridized carbons (Fsp3) is 0.462. The van der Waals surface area contributed by atoms with Crippen molar-refractivity contribution in [2.75, 3.05) is 0 Å². The number of hydrogen-bond acceptors (Lipinski definition) is 1. The van der Waals surface area contributed by atoms with E-state index in [1.165, 1.54) is 0 Å². The summed E-state index contributed by atoms with van der Waals surface area (Å²) in [5.74, 6) is 0.466. The molecule has 0 radical (unpaired) electrons. The lowest BCUT2D eigenvalue weighted by Gasteiger charge is -2.08. The molecule has 1 unspecified atom stereocenters. The number of benzene rings is 1. The van der Waals surface area contributed by atoms with E-state index in [-0.39, 0.29) is 5.92 Å². The minimum atomic E-state index is 0.161. The number of rotatable bonds is 5. The van der Waals surface area contributed by atoms with E-state index in [0.29, 0.717) is 17.2 Å². The first-order valence-corrected chi connectivity index (χ1v) is 5.78. The molecule has 2 heteroatoms. The van der Waals surface area contributed by atoms with Gasteiger partial charge >= 0.3 is 0 Å². The van der Waals surface area contributed by atoms with Gasteiger partial charge in [-0.05, 0) is 24.1 Å². The van der Waals surface area contributed by atoms with Crippen LogP contribution in [0.4, 0.5) is 0 Å². The predicted octanol–water partition coefficient (Wildman–Crippen LogP) is 3.89. The van der Waals surface area contributed by atoms with Crippen LogP contribution in [0.15, 0.2) is 24.3 Å². The number of carbonyl (C=O) groups excluding carboxylic acids is 1. The van der Waals surface area contributed by atoms with Crippen molar-refractivity contribution >= 4 is 17.4 Å². The summed E-state index contributed by atoms with van der Waals surface area (Å²) in [7, 11) is 0. The van der Waals surface area contributed by atoms with Crippen LogP contribution >= 0.6 is 11.6 Å². The lowest BCUT2D eigenvalue weighted by molar-refractivity contribution is -0.121. The highest BCUT2D eigenvalue weighted by atomic mass is 35.5. The first kappa shape index (κ1) is 12.3. The van der Waals surface area contributed by atoms with Gasteiger partial charge in [0.1, 0.15) is 5.78 Å². The van der Waals surface area contributed by atoms with Crippen LogP contribution in [0.3, 0.4) is 0 Å². The van der Waals surface area contributed by atoms with Crippen molar-refractivity contribution in [1.82, 2.24) is 0 Å². The Labute approximate surface area is 96.5 Å². The zero-order valence-corrected chi connectivity index (χ0v) is 10.1. The normalized spacial score (nSPS) is 12.5. The van der Waals surface area contributed by atoms with Crippen molar-refractivity contribution in [3.05, 3.63) is 34.9 Å². The molecular weight excluding hydrogens is 208 g/mol. The Morgan fingerprint density at radius 2 is 2.20 bits per heavy atom. The summed E-state index contributed by atoms with van der Waals surface area (Å²) in [5.41, 5.74) is 1.01. The third-order valence-electron chi connectivity index (χ3n) is 2.54. The van der Waals surface area contributed by atoms with Crippen LogP contribution < -0.4 is 0 Å². The molecule has 15 heavy (non-hydrogen) atoms. The fourth-order valence-corrected chi connectivity index (χ4v) is 1.83. The van der Waals surface area contributed by atoms with E-state index in [0.717, 1.165) is 18.4 Å². The van der Waals surface area contributed by atoms with Crippen LogP contribution in [0.5, 0.6) is 0 Å². The van der Waals surface area contributed by atoms with E-state index < -0.39 is 0 Å². The Balaban J connectivity index is 2.58. The highest BCUT2D eigenvalue weighted by Gasteiger charge is 2.12. The van der Waals surface area contributed by atoms with Gasteiger partial charge in [0.25, 0.3) is 0 Å². The molecule has 0 fully saturated rings. The van der Waals surface area contributed by atoms with Gasteiger partial charge in [-0.2, -0.15) is 0 Å². The van der Waals surface area contributed by atoms with Crippen molar-refractivity contribution in [2.24, 2.45) is 5.92 Å². The molecule has 1 nitrogen and oxygen atoms in total. The summed E-state index contributed by atoms with van der Waals surface area (Å²) in [5, 5.41) is 0.698. The minimum absolute atomic E-state index is 0.161. The Bertz CT molecular complexity index is 333. The molecular formula is C13H17ClO. The van der Waals surface area contributed by atoms with Crippen molar-refractivity contribution in [3.8, 4) is 0 Å². The van der Waals surface area contributed by atoms with Gasteiger partial charge in [0.2, 0.25) is 0 Å². The zero-order valence-electron chi connectivity index (χ0n) is 9.29. The third-order valence-corrected chi connectivity index (χ3v) is 2.77. The van der Waals surface area contributed by atoms with Crippen LogP contribution in [0.1, 0.15) is 32.3 Å². The standard InChI is InChI=1S/C13H17ClO/c1-3-5-10(2)13(15)9-11-6-4-7-12(14)8-11/h4,6-8,10H,3,5,9H2,1-2H3. The van der Waals surface area contributed by atoms with Crippen LogP contribution in [0.25, 0.3) is 0 Å². The van der Waals surface area contributed by atoms with E-state index in [2.05, 4.69) is 6.92 Å². The van der Waals surface area contributed by atoms with E-state index in [9.17, 15) is 4.79 Å². The van der Waals surface area contributed by atoms with Crippen molar-refractivity contribution in [3.63, 3.8) is 0 Å². The molecule has 0 aromatic heterocycles. The molecule has 0 aliphatic carbocycles. The highest BCUT2D eigenvalue weighted by molar-refractivity contribution is 6.30. The van der Waals surface area contributed by atoms with Crippen LogP contribution in [-0.2, 0) is 11.2 Å². The summed E-state index contributed by atoms with van der Waals surface area (Å²) in [6.07, 6.45) is 2.53. The summed E-state index contributed by atoms with van der Waals surface area (Å²) >= 11 is 5.86. The predicted molar refractivity (Wildman–Crippen MR) is 64.2 cm³/mol. The molecule has 0 aliphatic heterocycles. The Hall–Kier alpha value is -0.820. The smallest absolute Gasteiger partial charge is 0.140 e. The van der Waals surface area contributed by atoms with Gasteiger partial charge in [-0.15, -0.1) is 0 Å². The fourth-order valence-electron chi connectivity index (χ4n) is 1.62. The molecule has 0 N–H and O–H groups in total. The van der Waals surface area contributed by atoms with Crippen molar-refractivity contribution in [1.29, 1.82) is 0 Å². The number of halogens is 1. The maximum absolute atomic E-state index is 11.8. The van der Waals surface area contributed by atoms with Crippen molar-refractivity contribution < 1.29 is 4.79 Å². The van der Waals surface area contributed by atoms with Gasteiger partial charge in [-0.1, -0.05) is 44.0 Å². The first-order chi connectivity index (χ1) is 7.13. The molecule has 0 heterocycles. The topological polar surface area (TPSA) is 17.1 Å². The Kier molecular flexibility index (Phi) is 4.83. The number of hydrogen-bond donors (Lipinski definition) is 0. The summed E-state index contributed by atoms with van der Waals surface area (Å²) in [6.45, 7) is 4.10. The van der Waals surface area contributed by atoms with E-state index in [4.69, 9.17) is 11.6 Å². The molecule has 1 aromatic carbocycles. The van der Waals surface area contributed by atoms with Gasteiger partial charge in [0.05, 0.1) is 0 Å². The average molecular weight is 225 g/mol. The second-order valence-corrected chi connectivity index (χ2v) is 4.40. The molecule has 0 aliphatic rings. The monoisotopic (exact) mass is 224 g/mol. The SMILES string of the molecule is CCCC(C)C(=O)Cc1cccc(Cl)c1. The molecule has 0 amide bonds. The maximum atomic E-state index is 11.8. The lowest BCUT2D eigenvalue weighted by atomic mass is 9.96. The quantitative estimate of drug-likeness (QED) is 0.742. The molecule has 0 spiro atoms. The second-order valence-electron chi connectivity index (χ2n) is 3.96. The van der Waals surface area contributed by atoms with Gasteiger partial charge in [-0.3, -0.25) is 4.79 Å². The van der Waals surface area contributed by atoms with Gasteiger partial charge in [0.15, 0.2) is 0 Å². The summed E-state index contributed by atoms with van der Waals surface area (Å²) in [4.78, 5) is 11.8. The number of Topliss-reactive ketones (excluding diaryl/α,β-unsaturated/α-hetero) is 1. The second kappa shape index (κ2) is 5.92. The highest BCUT2D eigenvalue weighted by Crippen LogP contribution is 2.14. The zero-order chi connectivity index (χ0) is 11.3. The largest absolute Gasteiger partial charge is 0.299 e. The van der Waals surface area contributed by atoms with E-state index in [1.54, 1.807) is 0 Å². The lowest BCUT2D eigenvalue weighted by Crippen LogP contribution is -2.13. The Morgan fingerprint density at radius 1 is 1.47 bits per heavy atom. The minimum Gasteiger partial charge on any atom is -0.299 e. The van der Waals surface area contributed by atoms with Gasteiger partial charge < -0.3 is 0 Å². The van der Waals surface area contributed by atoms with Gasteiger partial charge in [-0.25, -0.2) is 0 Å². The molecule has 0 bridgehead atoms. The van der Waals surface area contributed by atoms with E-state index >= 15 is 0 Å². The average Bonchev–Trinajstić information content (AvgIpc) is 2.18. The molecule has 1 aromatic rings.